The Morgan fingerprint density at radius 1 is 1.43 bits per heavy atom. The molecule has 0 aliphatic carbocycles. The second kappa shape index (κ2) is 6.26. The van der Waals surface area contributed by atoms with Crippen LogP contribution in [0.5, 0.6) is 5.75 Å². The van der Waals surface area contributed by atoms with Gasteiger partial charge in [-0.3, -0.25) is 4.68 Å². The third-order valence-corrected chi connectivity index (χ3v) is 4.26. The molecule has 1 aromatic carbocycles. The summed E-state index contributed by atoms with van der Waals surface area (Å²) in [4.78, 5) is 4.41. The summed E-state index contributed by atoms with van der Waals surface area (Å²) in [7, 11) is 2.02. The Balaban J connectivity index is 1.84. The Hall–Kier alpha value is -1.88. The molecule has 1 aromatic heterocycles. The van der Waals surface area contributed by atoms with Crippen molar-refractivity contribution in [3.63, 3.8) is 0 Å². The predicted octanol–water partition coefficient (Wildman–Crippen LogP) is 1.99. The molecule has 3 rings (SSSR count). The van der Waals surface area contributed by atoms with Crippen molar-refractivity contribution in [1.29, 1.82) is 0 Å². The van der Waals surface area contributed by atoms with Crippen LogP contribution in [0.4, 0.5) is 0 Å². The zero-order valence-electron chi connectivity index (χ0n) is 12.6. The topological polar surface area (TPSA) is 52.0 Å². The minimum atomic E-state index is 0.338. The third-order valence-electron chi connectivity index (χ3n) is 4.26. The summed E-state index contributed by atoms with van der Waals surface area (Å²) in [5, 5.41) is 7.73. The lowest BCUT2D eigenvalue weighted by molar-refractivity contribution is 0.246. The molecule has 1 aliphatic rings. The van der Waals surface area contributed by atoms with Gasteiger partial charge in [0.15, 0.2) is 0 Å². The second-order valence-electron chi connectivity index (χ2n) is 5.37. The van der Waals surface area contributed by atoms with Crippen molar-refractivity contribution in [2.24, 2.45) is 0 Å². The first-order valence-corrected chi connectivity index (χ1v) is 7.59. The number of rotatable bonds is 5. The van der Waals surface area contributed by atoms with Gasteiger partial charge >= 0.3 is 0 Å². The Bertz CT molecular complexity index is 595. The van der Waals surface area contributed by atoms with E-state index in [0.717, 1.165) is 37.6 Å². The number of aryl methyl sites for hydroxylation is 1. The highest BCUT2D eigenvalue weighted by Gasteiger charge is 2.29. The summed E-state index contributed by atoms with van der Waals surface area (Å²) in [6, 6.07) is 8.69. The molecule has 0 fully saturated rings. The first kappa shape index (κ1) is 14.1. The summed E-state index contributed by atoms with van der Waals surface area (Å²) in [6.45, 7) is 3.73. The molecule has 21 heavy (non-hydrogen) atoms. The number of hydrogen-bond donors (Lipinski definition) is 1. The van der Waals surface area contributed by atoms with Gasteiger partial charge in [0.1, 0.15) is 17.9 Å². The smallest absolute Gasteiger partial charge is 0.138 e. The van der Waals surface area contributed by atoms with Gasteiger partial charge < -0.3 is 10.1 Å². The molecule has 0 saturated carbocycles. The summed E-state index contributed by atoms with van der Waals surface area (Å²) >= 11 is 0. The molecule has 2 aromatic rings. The standard InChI is InChI=1S/C16H22N4O/c1-3-20-16(18-11-19-20)10-14(17-2)12-8-9-21-15-7-5-4-6-13(12)15/h4-7,11-12,14,17H,3,8-10H2,1-2H3. The Morgan fingerprint density at radius 3 is 3.10 bits per heavy atom. The fraction of sp³-hybridized carbons (Fsp3) is 0.500. The lowest BCUT2D eigenvalue weighted by atomic mass is 9.85. The van der Waals surface area contributed by atoms with Gasteiger partial charge in [0, 0.05) is 24.9 Å². The number of nitrogens with one attached hydrogen (secondary N) is 1. The van der Waals surface area contributed by atoms with E-state index in [2.05, 4.69) is 40.5 Å². The molecule has 5 nitrogen and oxygen atoms in total. The molecule has 5 heteroatoms. The molecule has 0 saturated heterocycles. The molecular weight excluding hydrogens is 264 g/mol. The fourth-order valence-corrected chi connectivity index (χ4v) is 3.14. The molecule has 0 spiro atoms. The highest BCUT2D eigenvalue weighted by molar-refractivity contribution is 5.38. The van der Waals surface area contributed by atoms with Crippen LogP contribution in [-0.2, 0) is 13.0 Å². The van der Waals surface area contributed by atoms with Crippen molar-refractivity contribution in [1.82, 2.24) is 20.1 Å². The summed E-state index contributed by atoms with van der Waals surface area (Å²) in [6.07, 6.45) is 3.55. The van der Waals surface area contributed by atoms with Gasteiger partial charge in [-0.05, 0) is 32.0 Å². The molecule has 112 valence electrons. The van der Waals surface area contributed by atoms with Crippen molar-refractivity contribution in [2.75, 3.05) is 13.7 Å². The SMILES string of the molecule is CCn1ncnc1CC(NC)C1CCOc2ccccc21. The Morgan fingerprint density at radius 2 is 2.29 bits per heavy atom. The number of para-hydroxylation sites is 1. The van der Waals surface area contributed by atoms with Crippen molar-refractivity contribution in [2.45, 2.75) is 38.3 Å². The van der Waals surface area contributed by atoms with Crippen molar-refractivity contribution in [3.05, 3.63) is 42.0 Å². The molecule has 2 atom stereocenters. The average molecular weight is 286 g/mol. The van der Waals surface area contributed by atoms with Crippen LogP contribution < -0.4 is 10.1 Å². The van der Waals surface area contributed by atoms with Gasteiger partial charge in [0.25, 0.3) is 0 Å². The van der Waals surface area contributed by atoms with E-state index >= 15 is 0 Å². The van der Waals surface area contributed by atoms with Gasteiger partial charge in [0.2, 0.25) is 0 Å². The van der Waals surface area contributed by atoms with Crippen LogP contribution in [-0.4, -0.2) is 34.5 Å². The number of likely N-dealkylation sites (N-methyl/N-ethyl adjacent to an activating group) is 1. The van der Waals surface area contributed by atoms with E-state index in [9.17, 15) is 0 Å². The van der Waals surface area contributed by atoms with Crippen molar-refractivity contribution < 1.29 is 4.74 Å². The highest BCUT2D eigenvalue weighted by atomic mass is 16.5. The van der Waals surface area contributed by atoms with Crippen LogP contribution >= 0.6 is 0 Å². The van der Waals surface area contributed by atoms with Crippen LogP contribution in [0.15, 0.2) is 30.6 Å². The van der Waals surface area contributed by atoms with E-state index in [-0.39, 0.29) is 0 Å². The third kappa shape index (κ3) is 2.78. The normalized spacial score (nSPS) is 18.9. The van der Waals surface area contributed by atoms with E-state index in [4.69, 9.17) is 4.74 Å². The highest BCUT2D eigenvalue weighted by Crippen LogP contribution is 2.36. The van der Waals surface area contributed by atoms with E-state index in [1.54, 1.807) is 6.33 Å². The molecular formula is C16H22N4O. The summed E-state index contributed by atoms with van der Waals surface area (Å²) in [5.74, 6) is 2.51. The zero-order chi connectivity index (χ0) is 14.7. The molecule has 1 aliphatic heterocycles. The molecule has 0 amide bonds. The number of benzene rings is 1. The maximum Gasteiger partial charge on any atom is 0.138 e. The summed E-state index contributed by atoms with van der Waals surface area (Å²) < 4.78 is 7.74. The molecule has 2 heterocycles. The molecule has 0 bridgehead atoms. The number of nitrogens with zero attached hydrogens (tertiary/aromatic N) is 3. The van der Waals surface area contributed by atoms with Gasteiger partial charge in [0.05, 0.1) is 6.61 Å². The van der Waals surface area contributed by atoms with Gasteiger partial charge in [-0.1, -0.05) is 18.2 Å². The second-order valence-corrected chi connectivity index (χ2v) is 5.37. The number of hydrogen-bond acceptors (Lipinski definition) is 4. The minimum Gasteiger partial charge on any atom is -0.493 e. The largest absolute Gasteiger partial charge is 0.493 e. The lowest BCUT2D eigenvalue weighted by Crippen LogP contribution is -2.37. The minimum absolute atomic E-state index is 0.338. The first-order chi connectivity index (χ1) is 10.3. The maximum absolute atomic E-state index is 5.77. The zero-order valence-corrected chi connectivity index (χ0v) is 12.6. The fourth-order valence-electron chi connectivity index (χ4n) is 3.14. The maximum atomic E-state index is 5.77. The van der Waals surface area contributed by atoms with Crippen molar-refractivity contribution >= 4 is 0 Å². The number of fused-ring (bicyclic) bond motifs is 1. The number of ether oxygens (including phenoxy) is 1. The predicted molar refractivity (Wildman–Crippen MR) is 81.5 cm³/mol. The van der Waals surface area contributed by atoms with Crippen LogP contribution in [0.25, 0.3) is 0 Å². The first-order valence-electron chi connectivity index (χ1n) is 7.59. The van der Waals surface area contributed by atoms with Crippen molar-refractivity contribution in [3.8, 4) is 5.75 Å². The van der Waals surface area contributed by atoms with Crippen LogP contribution in [0.1, 0.15) is 30.7 Å². The van der Waals surface area contributed by atoms with E-state index < -0.39 is 0 Å². The molecule has 2 unspecified atom stereocenters. The summed E-state index contributed by atoms with van der Waals surface area (Å²) in [5.41, 5.74) is 1.30. The number of aromatic nitrogens is 3. The molecule has 0 radical (unpaired) electrons. The van der Waals surface area contributed by atoms with Crippen LogP contribution in [0.3, 0.4) is 0 Å². The lowest BCUT2D eigenvalue weighted by Gasteiger charge is -2.32. The van der Waals surface area contributed by atoms with Crippen LogP contribution in [0, 0.1) is 0 Å². The van der Waals surface area contributed by atoms with E-state index in [1.165, 1.54) is 5.56 Å². The Labute approximate surface area is 125 Å². The average Bonchev–Trinajstić information content (AvgIpc) is 2.99. The van der Waals surface area contributed by atoms with Gasteiger partial charge in [-0.25, -0.2) is 4.98 Å². The molecule has 1 N–H and O–H groups in total. The van der Waals surface area contributed by atoms with E-state index in [1.807, 2.05) is 17.8 Å². The quantitative estimate of drug-likeness (QED) is 0.913. The van der Waals surface area contributed by atoms with Gasteiger partial charge in [-0.15, -0.1) is 0 Å². The van der Waals surface area contributed by atoms with E-state index in [0.29, 0.717) is 12.0 Å². The Kier molecular flexibility index (Phi) is 4.20. The van der Waals surface area contributed by atoms with Gasteiger partial charge in [-0.2, -0.15) is 5.10 Å². The van der Waals surface area contributed by atoms with Crippen LogP contribution in [0.2, 0.25) is 0 Å². The monoisotopic (exact) mass is 286 g/mol.